The summed E-state index contributed by atoms with van der Waals surface area (Å²) in [6.45, 7) is 0. The Balaban J connectivity index is 0.000000253. The van der Waals surface area contributed by atoms with Crippen LogP contribution in [0.3, 0.4) is 0 Å². The van der Waals surface area contributed by atoms with Gasteiger partial charge in [0.25, 0.3) is 0 Å². The molecule has 4 aromatic rings. The maximum Gasteiger partial charge on any atom is 0.135 e. The van der Waals surface area contributed by atoms with Crippen molar-refractivity contribution in [3.63, 3.8) is 0 Å². The van der Waals surface area contributed by atoms with Crippen molar-refractivity contribution in [1.82, 2.24) is 0 Å². The predicted molar refractivity (Wildman–Crippen MR) is 142 cm³/mol. The zero-order chi connectivity index (χ0) is 25.6. The van der Waals surface area contributed by atoms with Gasteiger partial charge in [-0.05, 0) is 0 Å². The van der Waals surface area contributed by atoms with Gasteiger partial charge in [-0.15, -0.1) is 0 Å². The van der Waals surface area contributed by atoms with E-state index in [1.54, 1.807) is 97.1 Å². The van der Waals surface area contributed by atoms with Crippen molar-refractivity contribution in [2.45, 2.75) is 0 Å². The summed E-state index contributed by atoms with van der Waals surface area (Å²) in [6, 6.07) is 35.7. The van der Waals surface area contributed by atoms with Crippen molar-refractivity contribution in [3.05, 3.63) is 154 Å². The Morgan fingerprint density at radius 2 is 0.622 bits per heavy atom. The second-order valence-electron chi connectivity index (χ2n) is 7.24. The number of hydrogen-bond donors (Lipinski definition) is 2. The summed E-state index contributed by atoms with van der Waals surface area (Å²) in [7, 11) is 0. The smallest absolute Gasteiger partial charge is 0.135 e. The Kier molecular flexibility index (Phi) is 11.8. The van der Waals surface area contributed by atoms with Gasteiger partial charge in [0.05, 0.1) is 11.4 Å². The molecule has 188 valence electrons. The summed E-state index contributed by atoms with van der Waals surface area (Å²) in [4.78, 5) is 0. The molecule has 0 heterocycles. The van der Waals surface area contributed by atoms with Gasteiger partial charge in [0.15, 0.2) is 0 Å². The molecule has 2 N–H and O–H groups in total. The van der Waals surface area contributed by atoms with Gasteiger partial charge in [0.1, 0.15) is 11.4 Å². The summed E-state index contributed by atoms with van der Waals surface area (Å²) in [5, 5.41) is 52.6. The molecule has 0 aromatic heterocycles. The molecule has 0 amide bonds. The van der Waals surface area contributed by atoms with Crippen LogP contribution in [-0.2, 0) is 17.1 Å². The number of nitrogens with zero attached hydrogens (tertiary/aromatic N) is 4. The molecular weight excluding hydrogens is 512 g/mol. The van der Waals surface area contributed by atoms with E-state index in [4.69, 9.17) is 10.4 Å². The molecule has 0 spiro atoms. The molecule has 9 heteroatoms. The molecular formula is C28H22FeN4O4-2. The second-order valence-corrected chi connectivity index (χ2v) is 7.24. The van der Waals surface area contributed by atoms with Crippen molar-refractivity contribution in [2.24, 2.45) is 20.6 Å². The van der Waals surface area contributed by atoms with Crippen LogP contribution in [0.4, 0.5) is 0 Å². The van der Waals surface area contributed by atoms with Gasteiger partial charge >= 0.3 is 0 Å². The van der Waals surface area contributed by atoms with Crippen molar-refractivity contribution >= 4 is 22.8 Å². The summed E-state index contributed by atoms with van der Waals surface area (Å²) in [5.41, 5.74) is 3.06. The number of rotatable bonds is 6. The molecule has 0 fully saturated rings. The quantitative estimate of drug-likeness (QED) is 0.142. The van der Waals surface area contributed by atoms with Crippen LogP contribution in [0.2, 0.25) is 0 Å². The zero-order valence-corrected chi connectivity index (χ0v) is 20.5. The van der Waals surface area contributed by atoms with E-state index < -0.39 is 0 Å². The molecule has 0 aliphatic rings. The molecule has 0 atom stereocenters. The largest absolute Gasteiger partial charge is 0.791 e. The summed E-state index contributed by atoms with van der Waals surface area (Å²) >= 11 is 0. The van der Waals surface area contributed by atoms with E-state index in [1.807, 2.05) is 24.3 Å². The van der Waals surface area contributed by atoms with E-state index >= 15 is 0 Å². The molecule has 37 heavy (non-hydrogen) atoms. The molecule has 8 nitrogen and oxygen atoms in total. The van der Waals surface area contributed by atoms with E-state index in [2.05, 4.69) is 20.6 Å². The van der Waals surface area contributed by atoms with Gasteiger partial charge in [-0.2, -0.15) is 0 Å². The van der Waals surface area contributed by atoms with Crippen LogP contribution in [0.15, 0.2) is 142 Å². The van der Waals surface area contributed by atoms with E-state index in [1.165, 1.54) is 0 Å². The average molecular weight is 534 g/mol. The average Bonchev–Trinajstić information content (AvgIpc) is 2.96. The third-order valence-electron chi connectivity index (χ3n) is 5.02. The normalized spacial score (nSPS) is 12.1. The molecule has 0 aliphatic carbocycles. The fourth-order valence-electron chi connectivity index (χ4n) is 3.33. The van der Waals surface area contributed by atoms with Gasteiger partial charge in [-0.1, -0.05) is 132 Å². The van der Waals surface area contributed by atoms with Crippen LogP contribution in [0, 0.1) is 10.4 Å². The van der Waals surface area contributed by atoms with Gasteiger partial charge in [-0.3, -0.25) is 0 Å². The Bertz CT molecular complexity index is 1130. The number of hydrogen-bond acceptors (Lipinski definition) is 8. The van der Waals surface area contributed by atoms with E-state index in [-0.39, 0.29) is 39.9 Å². The molecule has 4 rings (SSSR count). The monoisotopic (exact) mass is 534 g/mol. The van der Waals surface area contributed by atoms with E-state index in [9.17, 15) is 10.4 Å². The minimum absolute atomic E-state index is 0. The molecule has 0 unspecified atom stereocenters. The minimum atomic E-state index is 0. The van der Waals surface area contributed by atoms with Crippen LogP contribution in [-0.4, -0.2) is 33.3 Å². The number of oxime groups is 2. The fraction of sp³-hybridized carbons (Fsp3) is 0. The first-order valence-electron chi connectivity index (χ1n) is 10.8. The van der Waals surface area contributed by atoms with Crippen molar-refractivity contribution in [3.8, 4) is 0 Å². The van der Waals surface area contributed by atoms with Gasteiger partial charge in [0.2, 0.25) is 0 Å². The van der Waals surface area contributed by atoms with Gasteiger partial charge in [-0.25, -0.2) is 0 Å². The third-order valence-corrected chi connectivity index (χ3v) is 5.02. The van der Waals surface area contributed by atoms with Crippen LogP contribution >= 0.6 is 0 Å². The Morgan fingerprint density at radius 1 is 0.405 bits per heavy atom. The first kappa shape index (κ1) is 28.5. The van der Waals surface area contributed by atoms with Crippen molar-refractivity contribution in [1.29, 1.82) is 0 Å². The first-order chi connectivity index (χ1) is 17.7. The topological polar surface area (TPSA) is 136 Å². The maximum absolute atomic E-state index is 11.0. The first-order valence-corrected chi connectivity index (χ1v) is 10.8. The van der Waals surface area contributed by atoms with Gasteiger partial charge < -0.3 is 31.1 Å². The maximum atomic E-state index is 11.0. The van der Waals surface area contributed by atoms with E-state index in [0.29, 0.717) is 22.3 Å². The van der Waals surface area contributed by atoms with Crippen LogP contribution in [0.1, 0.15) is 22.3 Å². The minimum Gasteiger partial charge on any atom is -0.791 e. The Morgan fingerprint density at radius 3 is 0.811 bits per heavy atom. The molecule has 0 aliphatic heterocycles. The number of benzene rings is 4. The fourth-order valence-corrected chi connectivity index (χ4v) is 3.33. The van der Waals surface area contributed by atoms with E-state index in [0.717, 1.165) is 0 Å². The van der Waals surface area contributed by atoms with Crippen molar-refractivity contribution < 1.29 is 27.5 Å². The summed E-state index contributed by atoms with van der Waals surface area (Å²) < 4.78 is 0. The van der Waals surface area contributed by atoms with Gasteiger partial charge in [0, 0.05) is 39.3 Å². The molecule has 4 aromatic carbocycles. The summed E-state index contributed by atoms with van der Waals surface area (Å²) in [5.74, 6) is 0. The molecule has 0 radical (unpaired) electrons. The molecule has 0 bridgehead atoms. The SMILES string of the molecule is [Fe].[O-]/N=C(/C(=N/O)c1ccccc1)c1ccccc1.[O-]N=C(/C(=N/O)c1ccccc1)c1ccccc1. The Hall–Kier alpha value is -4.72. The van der Waals surface area contributed by atoms with Crippen LogP contribution < -0.4 is 0 Å². The van der Waals surface area contributed by atoms with Crippen LogP contribution in [0.5, 0.6) is 0 Å². The predicted octanol–water partition coefficient (Wildman–Crippen LogP) is 5.70. The summed E-state index contributed by atoms with van der Waals surface area (Å²) in [6.07, 6.45) is 0. The standard InChI is InChI=1S/2C14H12N2O2.Fe/c2*17-15-13(11-7-3-1-4-8-11)14(16-18)12-9-5-2-6-10-12;/h2*1-10,17-18H;/p-2/b15-13+,16-14?;15-13+,16-14+;. The van der Waals surface area contributed by atoms with Crippen molar-refractivity contribution in [2.75, 3.05) is 0 Å². The molecule has 0 saturated heterocycles. The zero-order valence-electron chi connectivity index (χ0n) is 19.4. The van der Waals surface area contributed by atoms with Crippen LogP contribution in [0.25, 0.3) is 0 Å². The second kappa shape index (κ2) is 15.3. The third kappa shape index (κ3) is 7.63. The molecule has 0 saturated carbocycles. The Labute approximate surface area is 224 Å².